The monoisotopic (exact) mass is 540 g/mol. The van der Waals surface area contributed by atoms with Gasteiger partial charge in [0.25, 0.3) is 5.89 Å². The molecule has 2 aromatic rings. The molecule has 0 aromatic carbocycles. The Balaban J connectivity index is 1.36. The molecule has 1 amide bonds. The van der Waals surface area contributed by atoms with Gasteiger partial charge in [0.1, 0.15) is 5.82 Å². The molecule has 6 rings (SSSR count). The molecule has 2 fully saturated rings. The number of alkyl halides is 3. The molecule has 7 nitrogen and oxygen atoms in total. The Morgan fingerprint density at radius 1 is 1.32 bits per heavy atom. The van der Waals surface area contributed by atoms with Gasteiger partial charge in [-0.2, -0.15) is 18.2 Å². The van der Waals surface area contributed by atoms with Crippen LogP contribution >= 0.6 is 15.9 Å². The third kappa shape index (κ3) is 4.34. The fraction of sp³-hybridized carbons (Fsp3) is 0.565. The van der Waals surface area contributed by atoms with Crippen molar-refractivity contribution in [2.24, 2.45) is 5.41 Å². The maximum absolute atomic E-state index is 13.4. The molecule has 0 aliphatic heterocycles. The second kappa shape index (κ2) is 8.07. The molecule has 0 saturated heterocycles. The van der Waals surface area contributed by atoms with Crippen LogP contribution in [0.1, 0.15) is 70.0 Å². The average molecular weight is 541 g/mol. The molecule has 4 aliphatic rings. The summed E-state index contributed by atoms with van der Waals surface area (Å²) in [5.41, 5.74) is -0.630. The van der Waals surface area contributed by atoms with Crippen LogP contribution < -0.4 is 4.90 Å². The summed E-state index contributed by atoms with van der Waals surface area (Å²) in [5, 5.41) is 4.10. The van der Waals surface area contributed by atoms with E-state index >= 15 is 0 Å². The van der Waals surface area contributed by atoms with Crippen molar-refractivity contribution in [2.75, 3.05) is 11.4 Å². The lowest BCUT2D eigenvalue weighted by molar-refractivity contribution is -0.243. The van der Waals surface area contributed by atoms with Gasteiger partial charge in [0.05, 0.1) is 0 Å². The molecule has 0 atom stereocenters. The summed E-state index contributed by atoms with van der Waals surface area (Å²) >= 11 is 3.34. The predicted octanol–water partition coefficient (Wildman–Crippen LogP) is 6.42. The van der Waals surface area contributed by atoms with Crippen LogP contribution in [0.2, 0.25) is 0 Å². The van der Waals surface area contributed by atoms with Gasteiger partial charge in [-0.25, -0.2) is 9.78 Å². The van der Waals surface area contributed by atoms with Crippen molar-refractivity contribution in [3.8, 4) is 0 Å². The minimum atomic E-state index is -4.70. The van der Waals surface area contributed by atoms with Crippen LogP contribution in [0.15, 0.2) is 32.9 Å². The molecule has 2 heterocycles. The van der Waals surface area contributed by atoms with Gasteiger partial charge in [-0.1, -0.05) is 26.7 Å². The van der Waals surface area contributed by atoms with Crippen molar-refractivity contribution in [2.45, 2.75) is 70.1 Å². The number of carbonyl (C=O) groups is 1. The zero-order valence-corrected chi connectivity index (χ0v) is 20.4. The van der Waals surface area contributed by atoms with Crippen molar-refractivity contribution in [1.82, 2.24) is 15.1 Å². The molecule has 4 aliphatic carbocycles. The molecule has 0 radical (unpaired) electrons. The van der Waals surface area contributed by atoms with Crippen molar-refractivity contribution >= 4 is 33.4 Å². The highest BCUT2D eigenvalue weighted by Crippen LogP contribution is 2.57. The Morgan fingerprint density at radius 3 is 2.65 bits per heavy atom. The van der Waals surface area contributed by atoms with E-state index in [0.29, 0.717) is 35.5 Å². The third-order valence-electron chi connectivity index (χ3n) is 6.87. The summed E-state index contributed by atoms with van der Waals surface area (Å²) in [5.74, 6) is 1.98. The Hall–Kier alpha value is -2.43. The minimum absolute atomic E-state index is 0.206. The summed E-state index contributed by atoms with van der Waals surface area (Å²) < 4.78 is 51.2. The highest BCUT2D eigenvalue weighted by atomic mass is 79.9. The SMILES string of the molecule is CC(C)(OC(=O)N(CC12CCC(c3nc(C4CC4)no3)=C(C1)C2)c1cc(Br)ccn1)C(F)(F)F. The summed E-state index contributed by atoms with van der Waals surface area (Å²) in [6, 6.07) is 3.28. The Bertz CT molecular complexity index is 1150. The summed E-state index contributed by atoms with van der Waals surface area (Å²) in [7, 11) is 0. The van der Waals surface area contributed by atoms with Crippen LogP contribution in [0.3, 0.4) is 0 Å². The van der Waals surface area contributed by atoms with Crippen LogP contribution in [0.4, 0.5) is 23.8 Å². The number of hydrogen-bond acceptors (Lipinski definition) is 6. The number of halogens is 4. The van der Waals surface area contributed by atoms with E-state index < -0.39 is 17.9 Å². The lowest BCUT2D eigenvalue weighted by Gasteiger charge is -2.50. The minimum Gasteiger partial charge on any atom is -0.433 e. The van der Waals surface area contributed by atoms with E-state index in [1.165, 1.54) is 16.7 Å². The maximum atomic E-state index is 13.4. The largest absolute Gasteiger partial charge is 0.433 e. The molecule has 2 bridgehead atoms. The van der Waals surface area contributed by atoms with Crippen molar-refractivity contribution in [1.29, 1.82) is 0 Å². The fourth-order valence-electron chi connectivity index (χ4n) is 4.57. The van der Waals surface area contributed by atoms with Crippen LogP contribution in [-0.4, -0.2) is 39.5 Å². The van der Waals surface area contributed by atoms with Gasteiger partial charge in [0, 0.05) is 28.7 Å². The molecule has 182 valence electrons. The van der Waals surface area contributed by atoms with Crippen molar-refractivity contribution < 1.29 is 27.2 Å². The highest BCUT2D eigenvalue weighted by Gasteiger charge is 2.53. The van der Waals surface area contributed by atoms with E-state index in [1.54, 1.807) is 12.1 Å². The second-order valence-electron chi connectivity index (χ2n) is 9.96. The molecular weight excluding hydrogens is 517 g/mol. The first kappa shape index (κ1) is 23.3. The van der Waals surface area contributed by atoms with Gasteiger partial charge in [0.15, 0.2) is 5.82 Å². The number of rotatable bonds is 6. The Kier molecular flexibility index (Phi) is 5.53. The van der Waals surface area contributed by atoms with Crippen LogP contribution in [0.25, 0.3) is 5.57 Å². The number of hydrogen-bond donors (Lipinski definition) is 0. The van der Waals surface area contributed by atoms with E-state index in [9.17, 15) is 18.0 Å². The zero-order chi connectivity index (χ0) is 24.3. The molecule has 34 heavy (non-hydrogen) atoms. The van der Waals surface area contributed by atoms with Gasteiger partial charge in [-0.15, -0.1) is 0 Å². The molecule has 0 N–H and O–H groups in total. The number of allylic oxidation sites excluding steroid dienone is 2. The van der Waals surface area contributed by atoms with Crippen LogP contribution in [-0.2, 0) is 4.74 Å². The topological polar surface area (TPSA) is 81.4 Å². The number of anilines is 1. The first-order valence-electron chi connectivity index (χ1n) is 11.2. The molecule has 0 unspecified atom stereocenters. The van der Waals surface area contributed by atoms with Crippen LogP contribution in [0.5, 0.6) is 0 Å². The van der Waals surface area contributed by atoms with Crippen molar-refractivity contribution in [3.05, 3.63) is 40.1 Å². The molecule has 2 saturated carbocycles. The number of ether oxygens (including phenoxy) is 1. The van der Waals surface area contributed by atoms with Gasteiger partial charge >= 0.3 is 12.3 Å². The summed E-state index contributed by atoms with van der Waals surface area (Å²) in [4.78, 5) is 23.0. The normalized spacial score (nSPS) is 19.6. The number of amides is 1. The van der Waals surface area contributed by atoms with Gasteiger partial charge in [-0.05, 0) is 69.9 Å². The Morgan fingerprint density at radius 2 is 2.06 bits per heavy atom. The van der Waals surface area contributed by atoms with E-state index in [2.05, 4.69) is 31.1 Å². The first-order valence-corrected chi connectivity index (χ1v) is 12.0. The third-order valence-corrected chi connectivity index (χ3v) is 7.37. The average Bonchev–Trinajstić information content (AvgIpc) is 3.47. The summed E-state index contributed by atoms with van der Waals surface area (Å²) in [6.07, 6.45) is 0.781. The van der Waals surface area contributed by atoms with Crippen molar-refractivity contribution in [3.63, 3.8) is 0 Å². The maximum Gasteiger partial charge on any atom is 0.427 e. The fourth-order valence-corrected chi connectivity index (χ4v) is 4.89. The number of aromatic nitrogens is 3. The second-order valence-corrected chi connectivity index (χ2v) is 10.9. The lowest BCUT2D eigenvalue weighted by atomic mass is 9.57. The molecular formula is C23H24BrF3N4O3. The quantitative estimate of drug-likeness (QED) is 0.420. The van der Waals surface area contributed by atoms with Gasteiger partial charge in [-0.3, -0.25) is 4.90 Å². The number of pyridine rings is 1. The zero-order valence-electron chi connectivity index (χ0n) is 18.8. The number of fused-ring (bicyclic) bond motifs is 2. The van der Waals surface area contributed by atoms with E-state index in [1.807, 2.05) is 0 Å². The summed E-state index contributed by atoms with van der Waals surface area (Å²) in [6.45, 7) is 1.89. The molecule has 11 heteroatoms. The molecule has 0 spiro atoms. The van der Waals surface area contributed by atoms with Crippen LogP contribution in [0, 0.1) is 5.41 Å². The smallest absolute Gasteiger partial charge is 0.427 e. The highest BCUT2D eigenvalue weighted by molar-refractivity contribution is 9.10. The number of nitrogens with zero attached hydrogens (tertiary/aromatic N) is 4. The standard InChI is InChI=1S/C23H24BrF3N4O3/c1-21(2,23(25,26)27)33-20(32)31(17-9-15(24)6-8-28-17)12-22-7-5-16(14(10-22)11-22)19-29-18(30-34-19)13-3-4-13/h6,8-9,13H,3-5,7,10-12H2,1-2H3. The van der Waals surface area contributed by atoms with Gasteiger partial charge < -0.3 is 9.26 Å². The Labute approximate surface area is 202 Å². The predicted molar refractivity (Wildman–Crippen MR) is 120 cm³/mol. The number of carbonyl (C=O) groups excluding carboxylic acids is 1. The van der Waals surface area contributed by atoms with E-state index in [0.717, 1.165) is 44.5 Å². The lowest BCUT2D eigenvalue weighted by Crippen LogP contribution is -2.52. The first-order chi connectivity index (χ1) is 16.0. The molecule has 2 aromatic heterocycles. The van der Waals surface area contributed by atoms with E-state index in [4.69, 9.17) is 9.26 Å². The van der Waals surface area contributed by atoms with E-state index in [-0.39, 0.29) is 17.8 Å². The van der Waals surface area contributed by atoms with Gasteiger partial charge in [0.2, 0.25) is 5.60 Å².